The van der Waals surface area contributed by atoms with E-state index in [0.29, 0.717) is 26.2 Å². The number of methoxy groups -OCH3 is 2. The molecule has 0 aliphatic heterocycles. The number of nitrogens with two attached hydrogens (primary N) is 1. The van der Waals surface area contributed by atoms with Gasteiger partial charge in [0.2, 0.25) is 0 Å². The van der Waals surface area contributed by atoms with E-state index in [2.05, 4.69) is 33.0 Å². The maximum absolute atomic E-state index is 11.4. The Hall–Kier alpha value is -2.94. The average molecular weight is 500 g/mol. The zero-order valence-corrected chi connectivity index (χ0v) is 19.7. The average Bonchev–Trinajstić information content (AvgIpc) is 2.79. The molecular formula is C24H26BrN3O4. The van der Waals surface area contributed by atoms with Crippen LogP contribution in [0.15, 0.2) is 65.1 Å². The maximum atomic E-state index is 11.4. The van der Waals surface area contributed by atoms with Crippen molar-refractivity contribution in [3.8, 4) is 11.5 Å². The van der Waals surface area contributed by atoms with Gasteiger partial charge >= 0.3 is 5.69 Å². The van der Waals surface area contributed by atoms with Crippen molar-refractivity contribution >= 4 is 21.6 Å². The van der Waals surface area contributed by atoms with E-state index < -0.39 is 4.92 Å². The summed E-state index contributed by atoms with van der Waals surface area (Å²) >= 11 is 3.54. The molecule has 0 heterocycles. The minimum atomic E-state index is -0.418. The molecule has 2 N–H and O–H groups in total. The number of hydrogen-bond acceptors (Lipinski definition) is 6. The normalized spacial score (nSPS) is 10.9. The van der Waals surface area contributed by atoms with E-state index in [1.807, 2.05) is 36.4 Å². The number of nitro benzene ring substituents is 1. The van der Waals surface area contributed by atoms with E-state index in [9.17, 15) is 10.1 Å². The fourth-order valence-electron chi connectivity index (χ4n) is 3.51. The van der Waals surface area contributed by atoms with Crippen LogP contribution in [-0.2, 0) is 26.2 Å². The summed E-state index contributed by atoms with van der Waals surface area (Å²) in [6, 6.07) is 19.2. The van der Waals surface area contributed by atoms with Crippen molar-refractivity contribution < 1.29 is 14.4 Å². The molecule has 0 aliphatic rings. The summed E-state index contributed by atoms with van der Waals surface area (Å²) in [6.45, 7) is 2.36. The number of halogens is 1. The first-order valence-corrected chi connectivity index (χ1v) is 10.9. The molecule has 0 spiro atoms. The zero-order chi connectivity index (χ0) is 23.1. The number of ether oxygens (including phenoxy) is 2. The van der Waals surface area contributed by atoms with Crippen molar-refractivity contribution in [3.63, 3.8) is 0 Å². The number of nitro groups is 1. The standard InChI is InChI=1S/C24H26BrN3O4/c1-31-23-9-7-19(11-21(23)25)15-27(14-18-5-3-17(13-26)4-6-18)16-20-8-10-24(32-2)22(12-20)28(29)30/h3-12H,13-16,26H2,1-2H3. The van der Waals surface area contributed by atoms with Crippen LogP contribution >= 0.6 is 15.9 Å². The lowest BCUT2D eigenvalue weighted by Crippen LogP contribution is -2.22. The first kappa shape index (κ1) is 23.7. The molecule has 8 heteroatoms. The summed E-state index contributed by atoms with van der Waals surface area (Å²) in [7, 11) is 3.06. The van der Waals surface area contributed by atoms with E-state index >= 15 is 0 Å². The molecular weight excluding hydrogens is 474 g/mol. The van der Waals surface area contributed by atoms with Gasteiger partial charge in [0.15, 0.2) is 5.75 Å². The molecule has 0 atom stereocenters. The molecule has 0 amide bonds. The minimum absolute atomic E-state index is 0.0376. The Balaban J connectivity index is 1.88. The number of benzene rings is 3. The fourth-order valence-corrected chi connectivity index (χ4v) is 4.10. The molecule has 0 unspecified atom stereocenters. The van der Waals surface area contributed by atoms with Crippen molar-refractivity contribution in [3.05, 3.63) is 97.5 Å². The van der Waals surface area contributed by atoms with Crippen LogP contribution in [0.3, 0.4) is 0 Å². The van der Waals surface area contributed by atoms with Crippen LogP contribution in [0.1, 0.15) is 22.3 Å². The smallest absolute Gasteiger partial charge is 0.311 e. The molecule has 0 saturated heterocycles. The van der Waals surface area contributed by atoms with Crippen molar-refractivity contribution in [1.82, 2.24) is 4.90 Å². The van der Waals surface area contributed by atoms with E-state index in [1.54, 1.807) is 19.2 Å². The highest BCUT2D eigenvalue weighted by Crippen LogP contribution is 2.29. The third-order valence-corrected chi connectivity index (χ3v) is 5.75. The lowest BCUT2D eigenvalue weighted by Gasteiger charge is -2.23. The van der Waals surface area contributed by atoms with E-state index in [-0.39, 0.29) is 11.4 Å². The highest BCUT2D eigenvalue weighted by molar-refractivity contribution is 9.10. The van der Waals surface area contributed by atoms with Crippen LogP contribution in [-0.4, -0.2) is 24.0 Å². The van der Waals surface area contributed by atoms with Crippen LogP contribution < -0.4 is 15.2 Å². The summed E-state index contributed by atoms with van der Waals surface area (Å²) in [5.41, 5.74) is 9.82. The third-order valence-electron chi connectivity index (χ3n) is 5.13. The van der Waals surface area contributed by atoms with Gasteiger partial charge in [-0.25, -0.2) is 0 Å². The van der Waals surface area contributed by atoms with Crippen molar-refractivity contribution in [2.45, 2.75) is 26.2 Å². The van der Waals surface area contributed by atoms with Gasteiger partial charge in [-0.05, 0) is 56.4 Å². The second-order valence-electron chi connectivity index (χ2n) is 7.40. The zero-order valence-electron chi connectivity index (χ0n) is 18.1. The van der Waals surface area contributed by atoms with E-state index in [0.717, 1.165) is 32.5 Å². The summed E-state index contributed by atoms with van der Waals surface area (Å²) in [6.07, 6.45) is 0. The molecule has 0 fully saturated rings. The molecule has 3 aromatic carbocycles. The van der Waals surface area contributed by atoms with Gasteiger partial charge < -0.3 is 15.2 Å². The molecule has 168 valence electrons. The Morgan fingerprint density at radius 3 is 1.88 bits per heavy atom. The van der Waals surface area contributed by atoms with Crippen LogP contribution in [0.5, 0.6) is 11.5 Å². The van der Waals surface area contributed by atoms with Gasteiger partial charge in [0, 0.05) is 32.2 Å². The largest absolute Gasteiger partial charge is 0.496 e. The second-order valence-corrected chi connectivity index (χ2v) is 8.25. The molecule has 7 nitrogen and oxygen atoms in total. The lowest BCUT2D eigenvalue weighted by molar-refractivity contribution is -0.385. The predicted molar refractivity (Wildman–Crippen MR) is 128 cm³/mol. The highest BCUT2D eigenvalue weighted by atomic mass is 79.9. The second kappa shape index (κ2) is 11.1. The summed E-state index contributed by atoms with van der Waals surface area (Å²) in [4.78, 5) is 13.3. The summed E-state index contributed by atoms with van der Waals surface area (Å²) < 4.78 is 11.3. The molecule has 0 aliphatic carbocycles. The molecule has 3 aromatic rings. The Labute approximate surface area is 196 Å². The van der Waals surface area contributed by atoms with Crippen LogP contribution in [0, 0.1) is 10.1 Å². The maximum Gasteiger partial charge on any atom is 0.311 e. The van der Waals surface area contributed by atoms with Gasteiger partial charge in [-0.3, -0.25) is 15.0 Å². The molecule has 3 rings (SSSR count). The number of nitrogens with zero attached hydrogens (tertiary/aromatic N) is 2. The molecule has 0 bridgehead atoms. The van der Waals surface area contributed by atoms with Gasteiger partial charge in [-0.15, -0.1) is 0 Å². The first-order valence-electron chi connectivity index (χ1n) is 10.1. The van der Waals surface area contributed by atoms with Crippen molar-refractivity contribution in [2.75, 3.05) is 14.2 Å². The van der Waals surface area contributed by atoms with Crippen molar-refractivity contribution in [2.24, 2.45) is 5.73 Å². The molecule has 0 saturated carbocycles. The quantitative estimate of drug-likeness (QED) is 0.310. The van der Waals surface area contributed by atoms with Gasteiger partial charge in [-0.1, -0.05) is 36.4 Å². The SMILES string of the molecule is COc1ccc(CN(Cc2ccc(CN)cc2)Cc2ccc(OC)c([N+](=O)[O-])c2)cc1Br. The van der Waals surface area contributed by atoms with E-state index in [4.69, 9.17) is 15.2 Å². The Morgan fingerprint density at radius 1 is 0.844 bits per heavy atom. The Kier molecular flexibility index (Phi) is 8.21. The van der Waals surface area contributed by atoms with Gasteiger partial charge in [0.1, 0.15) is 5.75 Å². The molecule has 0 radical (unpaired) electrons. The molecule has 32 heavy (non-hydrogen) atoms. The van der Waals surface area contributed by atoms with Gasteiger partial charge in [0.25, 0.3) is 0 Å². The minimum Gasteiger partial charge on any atom is -0.496 e. The molecule has 0 aromatic heterocycles. The van der Waals surface area contributed by atoms with Gasteiger partial charge in [0.05, 0.1) is 23.6 Å². The van der Waals surface area contributed by atoms with Crippen LogP contribution in [0.4, 0.5) is 5.69 Å². The monoisotopic (exact) mass is 499 g/mol. The summed E-state index contributed by atoms with van der Waals surface area (Å²) in [5.74, 6) is 1.02. The Bertz CT molecular complexity index is 1070. The third kappa shape index (κ3) is 6.06. The number of hydrogen-bond donors (Lipinski definition) is 1. The number of rotatable bonds is 10. The first-order chi connectivity index (χ1) is 15.4. The van der Waals surface area contributed by atoms with Crippen LogP contribution in [0.25, 0.3) is 0 Å². The highest BCUT2D eigenvalue weighted by Gasteiger charge is 2.17. The summed E-state index contributed by atoms with van der Waals surface area (Å²) in [5, 5.41) is 11.4. The Morgan fingerprint density at radius 2 is 1.34 bits per heavy atom. The fraction of sp³-hybridized carbons (Fsp3) is 0.250. The van der Waals surface area contributed by atoms with Gasteiger partial charge in [-0.2, -0.15) is 0 Å². The van der Waals surface area contributed by atoms with Crippen LogP contribution in [0.2, 0.25) is 0 Å². The topological polar surface area (TPSA) is 90.9 Å². The lowest BCUT2D eigenvalue weighted by atomic mass is 10.1. The van der Waals surface area contributed by atoms with E-state index in [1.165, 1.54) is 7.11 Å². The predicted octanol–water partition coefficient (Wildman–Crippen LogP) is 5.04. The van der Waals surface area contributed by atoms with Crippen molar-refractivity contribution in [1.29, 1.82) is 0 Å².